The van der Waals surface area contributed by atoms with Crippen LogP contribution in [0.3, 0.4) is 0 Å². The van der Waals surface area contributed by atoms with E-state index in [-0.39, 0.29) is 18.4 Å². The highest BCUT2D eigenvalue weighted by Crippen LogP contribution is 2.43. The third-order valence-electron chi connectivity index (χ3n) is 6.41. The lowest BCUT2D eigenvalue weighted by Gasteiger charge is -2.31. The smallest absolute Gasteiger partial charge is 0.252 e. The third-order valence-corrected chi connectivity index (χ3v) is 6.41. The monoisotopic (exact) mass is 516 g/mol. The minimum atomic E-state index is -1.23. The molecule has 0 bridgehead atoms. The van der Waals surface area contributed by atoms with Gasteiger partial charge in [-0.1, -0.05) is 56.3 Å². The minimum Gasteiger partial charge on any atom is -0.497 e. The molecule has 0 spiro atoms. The molecule has 1 amide bonds. The minimum absolute atomic E-state index is 0.0801. The van der Waals surface area contributed by atoms with E-state index < -0.39 is 11.6 Å². The van der Waals surface area contributed by atoms with Crippen molar-refractivity contribution in [3.05, 3.63) is 95.6 Å². The van der Waals surface area contributed by atoms with Crippen molar-refractivity contribution >= 4 is 11.8 Å². The molecule has 7 nitrogen and oxygen atoms in total. The number of hydrogen-bond acceptors (Lipinski definition) is 6. The summed E-state index contributed by atoms with van der Waals surface area (Å²) in [6.45, 7) is 5.17. The van der Waals surface area contributed by atoms with Crippen LogP contribution in [-0.4, -0.2) is 49.3 Å². The van der Waals surface area contributed by atoms with E-state index in [2.05, 4.69) is 19.2 Å². The summed E-state index contributed by atoms with van der Waals surface area (Å²) in [5.74, 6) is 1.87. The van der Waals surface area contributed by atoms with E-state index in [4.69, 9.17) is 24.3 Å². The van der Waals surface area contributed by atoms with Crippen molar-refractivity contribution in [3.8, 4) is 11.5 Å². The number of aliphatic imine (C=N–C) groups is 1. The SMILES string of the molecule is COc1cccc([C@H]2OC(c3ccc(OCCCO)cc3)=N[C@@]2(Cc2ccccc2)C(=O)NCC(C)C)c1. The highest BCUT2D eigenvalue weighted by molar-refractivity contribution is 6.01. The number of carbonyl (C=O) groups excluding carboxylic acids is 1. The van der Waals surface area contributed by atoms with Crippen LogP contribution in [-0.2, 0) is 16.0 Å². The Morgan fingerprint density at radius 1 is 1.05 bits per heavy atom. The van der Waals surface area contributed by atoms with E-state index in [9.17, 15) is 4.79 Å². The number of nitrogens with one attached hydrogen (secondary N) is 1. The molecule has 0 unspecified atom stereocenters. The molecule has 0 aliphatic carbocycles. The number of rotatable bonds is 12. The topological polar surface area (TPSA) is 89.4 Å². The van der Waals surface area contributed by atoms with Gasteiger partial charge in [0.15, 0.2) is 11.6 Å². The number of methoxy groups -OCH3 is 1. The molecule has 2 N–H and O–H groups in total. The average molecular weight is 517 g/mol. The second-order valence-corrected chi connectivity index (χ2v) is 9.83. The van der Waals surface area contributed by atoms with Gasteiger partial charge in [0, 0.05) is 31.6 Å². The van der Waals surface area contributed by atoms with Crippen LogP contribution < -0.4 is 14.8 Å². The van der Waals surface area contributed by atoms with E-state index >= 15 is 0 Å². The summed E-state index contributed by atoms with van der Waals surface area (Å²) in [6, 6.07) is 24.9. The Kier molecular flexibility index (Phi) is 9.02. The van der Waals surface area contributed by atoms with Gasteiger partial charge in [-0.3, -0.25) is 4.79 Å². The predicted molar refractivity (Wildman–Crippen MR) is 148 cm³/mol. The van der Waals surface area contributed by atoms with E-state index in [0.29, 0.717) is 43.4 Å². The average Bonchev–Trinajstić information content (AvgIpc) is 3.33. The number of aliphatic hydroxyl groups excluding tert-OH is 1. The van der Waals surface area contributed by atoms with Gasteiger partial charge in [-0.15, -0.1) is 0 Å². The van der Waals surface area contributed by atoms with Crippen molar-refractivity contribution < 1.29 is 24.1 Å². The molecule has 7 heteroatoms. The molecule has 1 aliphatic rings. The fourth-order valence-corrected chi connectivity index (χ4v) is 4.44. The van der Waals surface area contributed by atoms with Gasteiger partial charge in [0.05, 0.1) is 13.7 Å². The maximum absolute atomic E-state index is 14.0. The molecule has 4 rings (SSSR count). The van der Waals surface area contributed by atoms with Gasteiger partial charge < -0.3 is 24.6 Å². The lowest BCUT2D eigenvalue weighted by atomic mass is 9.82. The zero-order chi connectivity index (χ0) is 27.0. The summed E-state index contributed by atoms with van der Waals surface area (Å²) in [5.41, 5.74) is 1.32. The molecule has 3 aromatic carbocycles. The summed E-state index contributed by atoms with van der Waals surface area (Å²) in [6.07, 6.45) is 0.263. The lowest BCUT2D eigenvalue weighted by Crippen LogP contribution is -2.50. The lowest BCUT2D eigenvalue weighted by molar-refractivity contribution is -0.129. The first-order chi connectivity index (χ1) is 18.4. The van der Waals surface area contributed by atoms with Crippen molar-refractivity contribution in [1.82, 2.24) is 5.32 Å². The fraction of sp³-hybridized carbons (Fsp3) is 0.355. The standard InChI is InChI=1S/C31H36N2O5/c1-22(2)21-32-30(35)31(20-23-9-5-4-6-10-23)28(25-11-7-12-27(19-25)36-3)38-29(33-31)24-13-15-26(16-14-24)37-18-8-17-34/h4-7,9-16,19,22,28,34H,8,17-18,20-21H2,1-3H3,(H,32,35)/t28-,31-/m1/s1. The first-order valence-corrected chi connectivity index (χ1v) is 13.0. The zero-order valence-corrected chi connectivity index (χ0v) is 22.2. The molecule has 2 atom stereocenters. The van der Waals surface area contributed by atoms with Crippen LogP contribution >= 0.6 is 0 Å². The Bertz CT molecular complexity index is 1230. The predicted octanol–water partition coefficient (Wildman–Crippen LogP) is 4.73. The number of nitrogens with zero attached hydrogens (tertiary/aromatic N) is 1. The van der Waals surface area contributed by atoms with Crippen LogP contribution in [0, 0.1) is 5.92 Å². The quantitative estimate of drug-likeness (QED) is 0.340. The molecule has 0 aromatic heterocycles. The van der Waals surface area contributed by atoms with Gasteiger partial charge in [0.25, 0.3) is 5.91 Å². The zero-order valence-electron chi connectivity index (χ0n) is 22.2. The van der Waals surface area contributed by atoms with Gasteiger partial charge in [-0.05, 0) is 53.4 Å². The molecule has 1 heterocycles. The van der Waals surface area contributed by atoms with Crippen LogP contribution in [0.15, 0.2) is 83.9 Å². The highest BCUT2D eigenvalue weighted by atomic mass is 16.5. The van der Waals surface area contributed by atoms with Crippen molar-refractivity contribution in [2.24, 2.45) is 10.9 Å². The number of ether oxygens (including phenoxy) is 3. The van der Waals surface area contributed by atoms with Crippen molar-refractivity contribution in [1.29, 1.82) is 0 Å². The van der Waals surface area contributed by atoms with Crippen molar-refractivity contribution in [3.63, 3.8) is 0 Å². The van der Waals surface area contributed by atoms with E-state index in [1.807, 2.05) is 78.9 Å². The number of benzene rings is 3. The summed E-state index contributed by atoms with van der Waals surface area (Å²) >= 11 is 0. The Morgan fingerprint density at radius 2 is 1.82 bits per heavy atom. The largest absolute Gasteiger partial charge is 0.497 e. The third kappa shape index (κ3) is 6.34. The summed E-state index contributed by atoms with van der Waals surface area (Å²) in [4.78, 5) is 19.1. The number of amides is 1. The van der Waals surface area contributed by atoms with Crippen LogP contribution in [0.4, 0.5) is 0 Å². The molecule has 0 saturated heterocycles. The van der Waals surface area contributed by atoms with Gasteiger partial charge in [0.1, 0.15) is 11.5 Å². The van der Waals surface area contributed by atoms with Gasteiger partial charge in [0.2, 0.25) is 5.90 Å². The molecule has 3 aromatic rings. The number of carbonyl (C=O) groups is 1. The summed E-state index contributed by atoms with van der Waals surface area (Å²) in [5, 5.41) is 12.1. The second-order valence-electron chi connectivity index (χ2n) is 9.83. The maximum atomic E-state index is 14.0. The Balaban J connectivity index is 1.77. The normalized spacial score (nSPS) is 18.6. The van der Waals surface area contributed by atoms with Crippen LogP contribution in [0.5, 0.6) is 11.5 Å². The van der Waals surface area contributed by atoms with Crippen LogP contribution in [0.1, 0.15) is 43.1 Å². The molecule has 0 saturated carbocycles. The van der Waals surface area contributed by atoms with Crippen molar-refractivity contribution in [2.75, 3.05) is 26.9 Å². The molecule has 0 radical (unpaired) electrons. The number of aliphatic hydroxyl groups is 1. The Labute approximate surface area is 224 Å². The molecule has 0 fully saturated rings. The summed E-state index contributed by atoms with van der Waals surface area (Å²) in [7, 11) is 1.62. The van der Waals surface area contributed by atoms with E-state index in [1.54, 1.807) is 7.11 Å². The van der Waals surface area contributed by atoms with Gasteiger partial charge >= 0.3 is 0 Å². The van der Waals surface area contributed by atoms with Crippen LogP contribution in [0.25, 0.3) is 0 Å². The maximum Gasteiger partial charge on any atom is 0.252 e. The summed E-state index contributed by atoms with van der Waals surface area (Å²) < 4.78 is 17.7. The second kappa shape index (κ2) is 12.6. The highest BCUT2D eigenvalue weighted by Gasteiger charge is 2.53. The van der Waals surface area contributed by atoms with Crippen LogP contribution in [0.2, 0.25) is 0 Å². The Hall–Kier alpha value is -3.84. The van der Waals surface area contributed by atoms with Gasteiger partial charge in [-0.2, -0.15) is 0 Å². The fourth-order valence-electron chi connectivity index (χ4n) is 4.44. The molecular weight excluding hydrogens is 480 g/mol. The van der Waals surface area contributed by atoms with Crippen molar-refractivity contribution in [2.45, 2.75) is 38.3 Å². The molecule has 200 valence electrons. The first kappa shape index (κ1) is 27.2. The van der Waals surface area contributed by atoms with E-state index in [0.717, 1.165) is 16.7 Å². The van der Waals surface area contributed by atoms with Gasteiger partial charge in [-0.25, -0.2) is 4.99 Å². The number of hydrogen-bond donors (Lipinski definition) is 2. The molecule has 1 aliphatic heterocycles. The molecular formula is C31H36N2O5. The van der Waals surface area contributed by atoms with E-state index in [1.165, 1.54) is 0 Å². The first-order valence-electron chi connectivity index (χ1n) is 13.0. The molecule has 38 heavy (non-hydrogen) atoms. The Morgan fingerprint density at radius 3 is 2.50 bits per heavy atom.